The number of benzene rings is 1. The fraction of sp³-hybridized carbons (Fsp3) is 0.235. The lowest BCUT2D eigenvalue weighted by Crippen LogP contribution is -2.12. The van der Waals surface area contributed by atoms with Crippen LogP contribution in [0, 0.1) is 0 Å². The van der Waals surface area contributed by atoms with Crippen LogP contribution < -0.4 is 5.73 Å². The van der Waals surface area contributed by atoms with Crippen molar-refractivity contribution in [3.63, 3.8) is 0 Å². The molecule has 0 bridgehead atoms. The van der Waals surface area contributed by atoms with Crippen LogP contribution in [-0.2, 0) is 5.41 Å². The van der Waals surface area contributed by atoms with Gasteiger partial charge in [0.25, 0.3) is 0 Å². The van der Waals surface area contributed by atoms with E-state index in [1.54, 1.807) is 11.3 Å². The van der Waals surface area contributed by atoms with Crippen molar-refractivity contribution in [2.75, 3.05) is 5.73 Å². The molecule has 0 radical (unpaired) electrons. The molecule has 0 atom stereocenters. The summed E-state index contributed by atoms with van der Waals surface area (Å²) >= 11 is 1.64. The monoisotopic (exact) mass is 298 g/mol. The summed E-state index contributed by atoms with van der Waals surface area (Å²) in [4.78, 5) is 1.08. The van der Waals surface area contributed by atoms with Gasteiger partial charge in [0, 0.05) is 10.4 Å². The first-order chi connectivity index (χ1) is 9.98. The molecule has 0 aliphatic carbocycles. The van der Waals surface area contributed by atoms with Gasteiger partial charge in [0.1, 0.15) is 5.69 Å². The van der Waals surface area contributed by atoms with Crippen LogP contribution in [0.4, 0.5) is 5.88 Å². The van der Waals surface area contributed by atoms with Crippen molar-refractivity contribution in [2.45, 2.75) is 26.2 Å². The van der Waals surface area contributed by atoms with Gasteiger partial charge in [-0.05, 0) is 22.4 Å². The standard InChI is InChI=1S/C17H18N2OS/c1-17(2,3)12-8-5-4-7-11(12)15-14(16(18)20-19-15)13-9-6-10-21-13/h4-10H,18H2,1-3H3. The third-order valence-electron chi connectivity index (χ3n) is 3.48. The Bertz CT molecular complexity index is 751. The van der Waals surface area contributed by atoms with Gasteiger partial charge >= 0.3 is 0 Å². The molecule has 21 heavy (non-hydrogen) atoms. The molecule has 1 aromatic carbocycles. The molecule has 108 valence electrons. The summed E-state index contributed by atoms with van der Waals surface area (Å²) in [7, 11) is 0. The molecule has 0 unspecified atom stereocenters. The van der Waals surface area contributed by atoms with Gasteiger partial charge in [0.2, 0.25) is 5.88 Å². The van der Waals surface area contributed by atoms with Crippen LogP contribution in [0.5, 0.6) is 0 Å². The fourth-order valence-corrected chi connectivity index (χ4v) is 3.27. The average molecular weight is 298 g/mol. The zero-order valence-corrected chi connectivity index (χ0v) is 13.2. The van der Waals surface area contributed by atoms with Gasteiger partial charge in [-0.25, -0.2) is 0 Å². The summed E-state index contributed by atoms with van der Waals surface area (Å²) in [5.74, 6) is 0.371. The summed E-state index contributed by atoms with van der Waals surface area (Å²) in [6.07, 6.45) is 0. The highest BCUT2D eigenvalue weighted by atomic mass is 32.1. The minimum Gasteiger partial charge on any atom is -0.367 e. The van der Waals surface area contributed by atoms with Crippen LogP contribution >= 0.6 is 11.3 Å². The molecule has 0 saturated heterocycles. The van der Waals surface area contributed by atoms with E-state index in [0.717, 1.165) is 21.7 Å². The number of nitrogens with two attached hydrogens (primary N) is 1. The summed E-state index contributed by atoms with van der Waals surface area (Å²) in [6, 6.07) is 12.3. The van der Waals surface area contributed by atoms with E-state index in [0.29, 0.717) is 5.88 Å². The molecule has 0 spiro atoms. The highest BCUT2D eigenvalue weighted by Crippen LogP contribution is 2.41. The highest BCUT2D eigenvalue weighted by Gasteiger charge is 2.24. The zero-order valence-electron chi connectivity index (χ0n) is 12.4. The Hall–Kier alpha value is -2.07. The maximum atomic E-state index is 6.01. The molecule has 3 aromatic rings. The van der Waals surface area contributed by atoms with Gasteiger partial charge in [-0.15, -0.1) is 11.3 Å². The SMILES string of the molecule is CC(C)(C)c1ccccc1-c1noc(N)c1-c1cccs1. The largest absolute Gasteiger partial charge is 0.367 e. The quantitative estimate of drug-likeness (QED) is 0.728. The Kier molecular flexibility index (Phi) is 3.33. The van der Waals surface area contributed by atoms with Crippen LogP contribution in [0.15, 0.2) is 46.3 Å². The number of rotatable bonds is 2. The van der Waals surface area contributed by atoms with Crippen molar-refractivity contribution >= 4 is 17.2 Å². The maximum absolute atomic E-state index is 6.01. The minimum atomic E-state index is 0.0248. The van der Waals surface area contributed by atoms with Crippen molar-refractivity contribution in [3.8, 4) is 21.7 Å². The number of nitrogen functional groups attached to an aromatic ring is 1. The van der Waals surface area contributed by atoms with Gasteiger partial charge in [-0.3, -0.25) is 0 Å². The topological polar surface area (TPSA) is 52.0 Å². The lowest BCUT2D eigenvalue weighted by molar-refractivity contribution is 0.439. The zero-order chi connectivity index (χ0) is 15.0. The molecule has 2 heterocycles. The van der Waals surface area contributed by atoms with Crippen molar-refractivity contribution in [1.82, 2.24) is 5.16 Å². The van der Waals surface area contributed by atoms with Crippen LogP contribution in [0.1, 0.15) is 26.3 Å². The predicted octanol–water partition coefficient (Wildman–Crippen LogP) is 4.95. The molecule has 0 saturated carbocycles. The second-order valence-electron chi connectivity index (χ2n) is 6.04. The minimum absolute atomic E-state index is 0.0248. The third kappa shape index (κ3) is 2.47. The number of hydrogen-bond acceptors (Lipinski definition) is 4. The smallest absolute Gasteiger partial charge is 0.231 e. The lowest BCUT2D eigenvalue weighted by atomic mass is 9.82. The van der Waals surface area contributed by atoms with E-state index < -0.39 is 0 Å². The third-order valence-corrected chi connectivity index (χ3v) is 4.36. The molecule has 0 amide bonds. The van der Waals surface area contributed by atoms with Gasteiger partial charge in [0.05, 0.1) is 5.56 Å². The van der Waals surface area contributed by atoms with E-state index >= 15 is 0 Å². The molecule has 2 aromatic heterocycles. The van der Waals surface area contributed by atoms with Crippen LogP contribution in [0.2, 0.25) is 0 Å². The van der Waals surface area contributed by atoms with E-state index in [1.807, 2.05) is 23.6 Å². The number of aromatic nitrogens is 1. The normalized spacial score (nSPS) is 11.8. The number of nitrogens with zero attached hydrogens (tertiary/aromatic N) is 1. The first-order valence-electron chi connectivity index (χ1n) is 6.87. The maximum Gasteiger partial charge on any atom is 0.231 e. The summed E-state index contributed by atoms with van der Waals surface area (Å²) in [5, 5.41) is 6.25. The van der Waals surface area contributed by atoms with Crippen LogP contribution in [0.3, 0.4) is 0 Å². The second-order valence-corrected chi connectivity index (χ2v) is 6.99. The Labute approximate surface area is 128 Å². The summed E-state index contributed by atoms with van der Waals surface area (Å²) in [6.45, 7) is 6.58. The van der Waals surface area contributed by atoms with Crippen LogP contribution in [-0.4, -0.2) is 5.16 Å². The van der Waals surface area contributed by atoms with Gasteiger partial charge in [0.15, 0.2) is 0 Å². The summed E-state index contributed by atoms with van der Waals surface area (Å²) in [5.41, 5.74) is 10.1. The molecule has 3 nitrogen and oxygen atoms in total. The van der Waals surface area contributed by atoms with E-state index in [1.165, 1.54) is 5.56 Å². The Morgan fingerprint density at radius 2 is 1.86 bits per heavy atom. The van der Waals surface area contributed by atoms with E-state index in [2.05, 4.69) is 44.1 Å². The number of thiophene rings is 1. The average Bonchev–Trinajstić information content (AvgIpc) is 3.06. The van der Waals surface area contributed by atoms with Crippen molar-refractivity contribution in [1.29, 1.82) is 0 Å². The fourth-order valence-electron chi connectivity index (χ4n) is 2.49. The number of anilines is 1. The van der Waals surface area contributed by atoms with Crippen molar-refractivity contribution in [3.05, 3.63) is 47.3 Å². The lowest BCUT2D eigenvalue weighted by Gasteiger charge is -2.22. The molecule has 3 rings (SSSR count). The Morgan fingerprint density at radius 3 is 2.52 bits per heavy atom. The molecule has 0 aliphatic rings. The molecular formula is C17H18N2OS. The summed E-state index contributed by atoms with van der Waals surface area (Å²) < 4.78 is 5.28. The van der Waals surface area contributed by atoms with E-state index in [9.17, 15) is 0 Å². The first-order valence-corrected chi connectivity index (χ1v) is 7.75. The van der Waals surface area contributed by atoms with Crippen molar-refractivity contribution < 1.29 is 4.52 Å². The van der Waals surface area contributed by atoms with Gasteiger partial charge in [-0.2, -0.15) is 0 Å². The highest BCUT2D eigenvalue weighted by molar-refractivity contribution is 7.13. The first kappa shape index (κ1) is 13.9. The van der Waals surface area contributed by atoms with Crippen molar-refractivity contribution in [2.24, 2.45) is 0 Å². The molecule has 4 heteroatoms. The van der Waals surface area contributed by atoms with E-state index in [4.69, 9.17) is 10.3 Å². The van der Waals surface area contributed by atoms with Crippen LogP contribution in [0.25, 0.3) is 21.7 Å². The molecule has 0 aliphatic heterocycles. The predicted molar refractivity (Wildman–Crippen MR) is 88.4 cm³/mol. The molecule has 0 fully saturated rings. The second kappa shape index (κ2) is 5.04. The molecule has 2 N–H and O–H groups in total. The van der Waals surface area contributed by atoms with Gasteiger partial charge in [-0.1, -0.05) is 56.3 Å². The number of hydrogen-bond donors (Lipinski definition) is 1. The van der Waals surface area contributed by atoms with E-state index in [-0.39, 0.29) is 5.41 Å². The Balaban J connectivity index is 2.24. The van der Waals surface area contributed by atoms with Gasteiger partial charge < -0.3 is 10.3 Å². The molecular weight excluding hydrogens is 280 g/mol. The Morgan fingerprint density at radius 1 is 1.10 bits per heavy atom.